The third-order valence-electron chi connectivity index (χ3n) is 6.17. The molecule has 0 bridgehead atoms. The number of amides is 1. The van der Waals surface area contributed by atoms with E-state index in [4.69, 9.17) is 9.94 Å². The highest BCUT2D eigenvalue weighted by Gasteiger charge is 2.22. The first-order valence-corrected chi connectivity index (χ1v) is 11.5. The number of aromatic nitrogens is 2. The molecular formula is C27H28N4O3. The number of imidazole rings is 1. The van der Waals surface area contributed by atoms with Crippen LogP contribution in [0, 0.1) is 0 Å². The first-order chi connectivity index (χ1) is 16.5. The van der Waals surface area contributed by atoms with Crippen molar-refractivity contribution in [3.63, 3.8) is 0 Å². The summed E-state index contributed by atoms with van der Waals surface area (Å²) in [7, 11) is 0. The van der Waals surface area contributed by atoms with Gasteiger partial charge in [0.05, 0.1) is 23.2 Å². The number of nitrogens with zero attached hydrogens (tertiary/aromatic N) is 2. The topological polar surface area (TPSA) is 90.5 Å². The summed E-state index contributed by atoms with van der Waals surface area (Å²) in [5.74, 6) is 0.176. The molecule has 34 heavy (non-hydrogen) atoms. The summed E-state index contributed by atoms with van der Waals surface area (Å²) in [6.07, 6.45) is 0.521. The number of hydroxylamine groups is 1. The van der Waals surface area contributed by atoms with Crippen molar-refractivity contribution in [2.75, 3.05) is 13.1 Å². The fourth-order valence-corrected chi connectivity index (χ4v) is 4.69. The van der Waals surface area contributed by atoms with Crippen molar-refractivity contribution in [2.24, 2.45) is 0 Å². The summed E-state index contributed by atoms with van der Waals surface area (Å²) in [5.41, 5.74) is 8.09. The Morgan fingerprint density at radius 3 is 2.50 bits per heavy atom. The zero-order chi connectivity index (χ0) is 23.7. The third-order valence-corrected chi connectivity index (χ3v) is 6.17. The molecule has 0 radical (unpaired) electrons. The number of carbonyl (C=O) groups is 1. The molecule has 0 saturated carbocycles. The normalized spacial score (nSPS) is 18.8. The first kappa shape index (κ1) is 22.3. The van der Waals surface area contributed by atoms with Crippen molar-refractivity contribution >= 4 is 16.9 Å². The molecule has 1 amide bonds. The minimum Gasteiger partial charge on any atom is -0.373 e. The highest BCUT2D eigenvalue weighted by molar-refractivity contribution is 5.97. The number of H-pyrrole nitrogens is 1. The maximum atomic E-state index is 11.7. The van der Waals surface area contributed by atoms with E-state index >= 15 is 0 Å². The predicted molar refractivity (Wildman–Crippen MR) is 132 cm³/mol. The Labute approximate surface area is 198 Å². The smallest absolute Gasteiger partial charge is 0.274 e. The number of rotatable bonds is 5. The second-order valence-electron chi connectivity index (χ2n) is 8.99. The van der Waals surface area contributed by atoms with E-state index in [2.05, 4.69) is 65.1 Å². The summed E-state index contributed by atoms with van der Waals surface area (Å²) in [6, 6.07) is 22.1. The molecule has 4 aromatic rings. The molecule has 7 nitrogen and oxygen atoms in total. The van der Waals surface area contributed by atoms with Crippen LogP contribution in [0.4, 0.5) is 0 Å². The van der Waals surface area contributed by atoms with Gasteiger partial charge in [-0.3, -0.25) is 14.9 Å². The van der Waals surface area contributed by atoms with Crippen LogP contribution in [0.15, 0.2) is 66.7 Å². The number of carbonyl (C=O) groups excluding carboxylic acids is 1. The summed E-state index contributed by atoms with van der Waals surface area (Å²) >= 11 is 0. The van der Waals surface area contributed by atoms with E-state index in [9.17, 15) is 4.79 Å². The number of morpholine rings is 1. The fourth-order valence-electron chi connectivity index (χ4n) is 4.69. The van der Waals surface area contributed by atoms with Crippen LogP contribution in [0.5, 0.6) is 0 Å². The molecule has 1 aromatic heterocycles. The van der Waals surface area contributed by atoms with Gasteiger partial charge in [-0.05, 0) is 54.8 Å². The number of benzene rings is 3. The maximum absolute atomic E-state index is 11.7. The van der Waals surface area contributed by atoms with Gasteiger partial charge >= 0.3 is 0 Å². The summed E-state index contributed by atoms with van der Waals surface area (Å²) < 4.78 is 5.86. The van der Waals surface area contributed by atoms with Crippen molar-refractivity contribution in [3.8, 4) is 22.5 Å². The van der Waals surface area contributed by atoms with Crippen LogP contribution < -0.4 is 5.48 Å². The molecule has 5 rings (SSSR count). The van der Waals surface area contributed by atoms with E-state index in [0.717, 1.165) is 47.6 Å². The van der Waals surface area contributed by atoms with Gasteiger partial charge in [-0.15, -0.1) is 0 Å². The van der Waals surface area contributed by atoms with E-state index in [1.165, 1.54) is 11.1 Å². The highest BCUT2D eigenvalue weighted by atomic mass is 16.5. The van der Waals surface area contributed by atoms with Crippen LogP contribution in [0.3, 0.4) is 0 Å². The lowest BCUT2D eigenvalue weighted by molar-refractivity contribution is -0.0704. The Hall–Kier alpha value is -3.52. The number of ether oxygens (including phenoxy) is 1. The molecule has 1 fully saturated rings. The molecule has 0 spiro atoms. The quantitative estimate of drug-likeness (QED) is 0.301. The third kappa shape index (κ3) is 4.72. The van der Waals surface area contributed by atoms with Crippen molar-refractivity contribution in [2.45, 2.75) is 32.6 Å². The second kappa shape index (κ2) is 9.38. The molecule has 174 valence electrons. The van der Waals surface area contributed by atoms with Crippen LogP contribution >= 0.6 is 0 Å². The van der Waals surface area contributed by atoms with Gasteiger partial charge in [-0.2, -0.15) is 0 Å². The van der Waals surface area contributed by atoms with Crippen molar-refractivity contribution in [3.05, 3.63) is 77.9 Å². The zero-order valence-electron chi connectivity index (χ0n) is 19.3. The van der Waals surface area contributed by atoms with Gasteiger partial charge in [-0.25, -0.2) is 10.5 Å². The second-order valence-corrected chi connectivity index (χ2v) is 8.99. The number of fused-ring (bicyclic) bond motifs is 1. The van der Waals surface area contributed by atoms with E-state index < -0.39 is 5.91 Å². The molecule has 1 saturated heterocycles. The molecular weight excluding hydrogens is 428 g/mol. The lowest BCUT2D eigenvalue weighted by Gasteiger charge is -2.35. The van der Waals surface area contributed by atoms with Gasteiger partial charge in [0.15, 0.2) is 0 Å². The number of hydrogen-bond acceptors (Lipinski definition) is 5. The predicted octanol–water partition coefficient (Wildman–Crippen LogP) is 4.63. The van der Waals surface area contributed by atoms with Crippen LogP contribution in [0.2, 0.25) is 0 Å². The standard InChI is InChI=1S/C27H28N4O3/c1-17-14-31(15-18(2)34-17)16-19-4-3-5-22(12-19)20-6-8-21(9-7-20)26-28-24-11-10-23(27(32)30-33)13-25(24)29-26/h3-13,17-18,33H,14-16H2,1-2H3,(H,28,29)(H,30,32). The Balaban J connectivity index is 1.34. The molecule has 7 heteroatoms. The summed E-state index contributed by atoms with van der Waals surface area (Å²) in [6.45, 7) is 7.08. The van der Waals surface area contributed by atoms with Gasteiger partial charge in [0.2, 0.25) is 0 Å². The molecule has 2 atom stereocenters. The van der Waals surface area contributed by atoms with Crippen LogP contribution in [0.25, 0.3) is 33.5 Å². The van der Waals surface area contributed by atoms with Crippen molar-refractivity contribution < 1.29 is 14.7 Å². The largest absolute Gasteiger partial charge is 0.373 e. The Morgan fingerprint density at radius 2 is 1.76 bits per heavy atom. The number of aromatic amines is 1. The Morgan fingerprint density at radius 1 is 1.03 bits per heavy atom. The van der Waals surface area contributed by atoms with E-state index in [1.807, 2.05) is 12.1 Å². The van der Waals surface area contributed by atoms with E-state index in [0.29, 0.717) is 5.56 Å². The Bertz CT molecular complexity index is 1310. The minimum absolute atomic E-state index is 0.260. The minimum atomic E-state index is -0.553. The highest BCUT2D eigenvalue weighted by Crippen LogP contribution is 2.26. The molecule has 3 aromatic carbocycles. The van der Waals surface area contributed by atoms with E-state index in [-0.39, 0.29) is 12.2 Å². The van der Waals surface area contributed by atoms with Gasteiger partial charge in [0, 0.05) is 30.8 Å². The van der Waals surface area contributed by atoms with Crippen LogP contribution in [0.1, 0.15) is 29.8 Å². The lowest BCUT2D eigenvalue weighted by atomic mass is 10.0. The molecule has 2 heterocycles. The molecule has 1 aliphatic heterocycles. The molecule has 1 aliphatic rings. The van der Waals surface area contributed by atoms with Crippen LogP contribution in [-0.4, -0.2) is 51.3 Å². The summed E-state index contributed by atoms with van der Waals surface area (Å²) in [4.78, 5) is 22.0. The average Bonchev–Trinajstić information content (AvgIpc) is 3.27. The summed E-state index contributed by atoms with van der Waals surface area (Å²) in [5, 5.41) is 8.85. The van der Waals surface area contributed by atoms with Gasteiger partial charge < -0.3 is 9.72 Å². The average molecular weight is 457 g/mol. The van der Waals surface area contributed by atoms with Gasteiger partial charge in [0.25, 0.3) is 5.91 Å². The van der Waals surface area contributed by atoms with Crippen molar-refractivity contribution in [1.29, 1.82) is 0 Å². The van der Waals surface area contributed by atoms with Crippen molar-refractivity contribution in [1.82, 2.24) is 20.3 Å². The Kier molecular flexibility index (Phi) is 6.15. The zero-order valence-corrected chi connectivity index (χ0v) is 19.3. The number of hydrogen-bond donors (Lipinski definition) is 3. The number of nitrogens with one attached hydrogen (secondary N) is 2. The monoisotopic (exact) mass is 456 g/mol. The lowest BCUT2D eigenvalue weighted by Crippen LogP contribution is -2.44. The first-order valence-electron chi connectivity index (χ1n) is 11.5. The van der Waals surface area contributed by atoms with Gasteiger partial charge in [-0.1, -0.05) is 42.5 Å². The van der Waals surface area contributed by atoms with Crippen LogP contribution in [-0.2, 0) is 11.3 Å². The molecule has 3 N–H and O–H groups in total. The fraction of sp³-hybridized carbons (Fsp3) is 0.259. The SMILES string of the molecule is CC1CN(Cc2cccc(-c3ccc(-c4nc5ccc(C(=O)NO)cc5[nH]4)cc3)c2)CC(C)O1. The van der Waals surface area contributed by atoms with Gasteiger partial charge in [0.1, 0.15) is 5.82 Å². The molecule has 0 aliphatic carbocycles. The maximum Gasteiger partial charge on any atom is 0.274 e. The van der Waals surface area contributed by atoms with E-state index in [1.54, 1.807) is 23.7 Å². The molecule has 2 unspecified atom stereocenters.